The Morgan fingerprint density at radius 1 is 1.17 bits per heavy atom. The van der Waals surface area contributed by atoms with Crippen molar-refractivity contribution in [2.24, 2.45) is 0 Å². The minimum atomic E-state index is -0.363. The van der Waals surface area contributed by atoms with Gasteiger partial charge in [-0.3, -0.25) is 4.79 Å². The molecule has 6 nitrogen and oxygen atoms in total. The average molecular weight is 395 g/mol. The molecular weight excluding hydrogens is 373 g/mol. The van der Waals surface area contributed by atoms with Crippen LogP contribution in [0, 0.1) is 12.7 Å². The molecule has 1 fully saturated rings. The van der Waals surface area contributed by atoms with Gasteiger partial charge in [0.1, 0.15) is 11.6 Å². The molecule has 2 heterocycles. The maximum absolute atomic E-state index is 13.4. The molecule has 2 aromatic carbocycles. The quantitative estimate of drug-likeness (QED) is 0.712. The summed E-state index contributed by atoms with van der Waals surface area (Å²) in [6.07, 6.45) is 0.0758. The number of anilines is 2. The van der Waals surface area contributed by atoms with Crippen molar-refractivity contribution in [2.45, 2.75) is 13.3 Å². The van der Waals surface area contributed by atoms with Crippen LogP contribution in [0.4, 0.5) is 15.8 Å². The lowest BCUT2D eigenvalue weighted by Crippen LogP contribution is -2.36. The van der Waals surface area contributed by atoms with Gasteiger partial charge in [-0.05, 0) is 43.3 Å². The summed E-state index contributed by atoms with van der Waals surface area (Å²) in [7, 11) is 0. The maximum atomic E-state index is 13.4. The number of hydrogen-bond donors (Lipinski definition) is 1. The molecule has 29 heavy (non-hydrogen) atoms. The summed E-state index contributed by atoms with van der Waals surface area (Å²) in [6, 6.07) is 13.8. The highest BCUT2D eigenvalue weighted by Crippen LogP contribution is 2.24. The molecule has 1 aliphatic heterocycles. The topological polar surface area (TPSA) is 67.6 Å². The number of aromatic nitrogens is 1. The molecule has 7 heteroatoms. The Kier molecular flexibility index (Phi) is 5.57. The molecule has 4 rings (SSSR count). The first-order chi connectivity index (χ1) is 14.1. The van der Waals surface area contributed by atoms with E-state index in [2.05, 4.69) is 15.2 Å². The van der Waals surface area contributed by atoms with E-state index in [4.69, 9.17) is 9.15 Å². The Morgan fingerprint density at radius 3 is 2.76 bits per heavy atom. The summed E-state index contributed by atoms with van der Waals surface area (Å²) >= 11 is 0. The third-order valence-corrected chi connectivity index (χ3v) is 4.80. The third kappa shape index (κ3) is 4.63. The van der Waals surface area contributed by atoms with Gasteiger partial charge in [-0.2, -0.15) is 0 Å². The number of nitrogens with one attached hydrogen (secondary N) is 1. The molecule has 150 valence electrons. The van der Waals surface area contributed by atoms with Crippen LogP contribution in [0.25, 0.3) is 11.5 Å². The fraction of sp³-hybridized carbons (Fsp3) is 0.273. The van der Waals surface area contributed by atoms with Crippen molar-refractivity contribution in [3.63, 3.8) is 0 Å². The summed E-state index contributed by atoms with van der Waals surface area (Å²) in [5.74, 6) is 0.296. The van der Waals surface area contributed by atoms with Gasteiger partial charge in [0.05, 0.1) is 25.3 Å². The number of rotatable bonds is 5. The number of nitrogens with zero attached hydrogens (tertiary/aromatic N) is 2. The molecule has 3 aromatic rings. The number of aryl methyl sites for hydroxylation is 1. The number of halogens is 1. The number of benzene rings is 2. The van der Waals surface area contributed by atoms with E-state index < -0.39 is 0 Å². The van der Waals surface area contributed by atoms with Crippen LogP contribution < -0.4 is 10.2 Å². The predicted octanol–water partition coefficient (Wildman–Crippen LogP) is 3.81. The number of carbonyl (C=O) groups is 1. The van der Waals surface area contributed by atoms with Crippen molar-refractivity contribution < 1.29 is 18.3 Å². The van der Waals surface area contributed by atoms with Crippen LogP contribution in [-0.4, -0.2) is 37.2 Å². The molecule has 1 amide bonds. The van der Waals surface area contributed by atoms with E-state index in [9.17, 15) is 9.18 Å². The lowest BCUT2D eigenvalue weighted by Gasteiger charge is -2.29. The predicted molar refractivity (Wildman–Crippen MR) is 108 cm³/mol. The van der Waals surface area contributed by atoms with Crippen molar-refractivity contribution >= 4 is 17.3 Å². The molecule has 0 saturated carbocycles. The monoisotopic (exact) mass is 395 g/mol. The first-order valence-corrected chi connectivity index (χ1v) is 9.53. The van der Waals surface area contributed by atoms with Gasteiger partial charge in [0, 0.05) is 30.0 Å². The molecule has 0 aliphatic carbocycles. The van der Waals surface area contributed by atoms with Crippen LogP contribution in [0.15, 0.2) is 52.9 Å². The van der Waals surface area contributed by atoms with Crippen molar-refractivity contribution in [1.29, 1.82) is 0 Å². The number of amides is 1. The Labute approximate surface area is 168 Å². The molecule has 0 radical (unpaired) electrons. The van der Waals surface area contributed by atoms with E-state index in [0.717, 1.165) is 24.5 Å². The second-order valence-electron chi connectivity index (χ2n) is 6.91. The molecule has 0 atom stereocenters. The fourth-order valence-corrected chi connectivity index (χ4v) is 3.30. The van der Waals surface area contributed by atoms with Crippen molar-refractivity contribution in [3.8, 4) is 11.5 Å². The molecule has 0 bridgehead atoms. The first kappa shape index (κ1) is 19.1. The number of ether oxygens (including phenoxy) is 1. The molecule has 0 unspecified atom stereocenters. The number of morpholine rings is 1. The van der Waals surface area contributed by atoms with E-state index in [1.165, 1.54) is 12.1 Å². The van der Waals surface area contributed by atoms with Gasteiger partial charge in [0.25, 0.3) is 0 Å². The minimum Gasteiger partial charge on any atom is -0.441 e. The Bertz CT molecular complexity index is 1010. The highest BCUT2D eigenvalue weighted by Gasteiger charge is 2.16. The second-order valence-corrected chi connectivity index (χ2v) is 6.91. The van der Waals surface area contributed by atoms with Crippen LogP contribution in [-0.2, 0) is 16.0 Å². The lowest BCUT2D eigenvalue weighted by molar-refractivity contribution is -0.115. The fourth-order valence-electron chi connectivity index (χ4n) is 3.30. The highest BCUT2D eigenvalue weighted by molar-refractivity contribution is 5.92. The summed E-state index contributed by atoms with van der Waals surface area (Å²) in [5, 5.41) is 2.92. The summed E-state index contributed by atoms with van der Waals surface area (Å²) in [4.78, 5) is 19.1. The Balaban J connectivity index is 1.44. The highest BCUT2D eigenvalue weighted by atomic mass is 19.1. The zero-order valence-electron chi connectivity index (χ0n) is 16.2. The minimum absolute atomic E-state index is 0.0758. The van der Waals surface area contributed by atoms with Gasteiger partial charge in [-0.15, -0.1) is 0 Å². The third-order valence-electron chi connectivity index (χ3n) is 4.80. The molecule has 0 spiro atoms. The lowest BCUT2D eigenvalue weighted by atomic mass is 10.2. The van der Waals surface area contributed by atoms with Gasteiger partial charge >= 0.3 is 0 Å². The van der Waals surface area contributed by atoms with Crippen LogP contribution in [0.5, 0.6) is 0 Å². The first-order valence-electron chi connectivity index (χ1n) is 9.53. The van der Waals surface area contributed by atoms with Gasteiger partial charge in [-0.25, -0.2) is 9.37 Å². The van der Waals surface area contributed by atoms with E-state index in [0.29, 0.717) is 36.1 Å². The van der Waals surface area contributed by atoms with E-state index in [1.54, 1.807) is 19.1 Å². The normalized spacial score (nSPS) is 14.1. The summed E-state index contributed by atoms with van der Waals surface area (Å²) in [5.41, 5.74) is 2.85. The Morgan fingerprint density at radius 2 is 1.97 bits per heavy atom. The van der Waals surface area contributed by atoms with Gasteiger partial charge in [0.2, 0.25) is 11.8 Å². The van der Waals surface area contributed by atoms with E-state index in [1.807, 2.05) is 24.3 Å². The molecular formula is C22H22FN3O3. The van der Waals surface area contributed by atoms with Crippen molar-refractivity contribution in [3.05, 3.63) is 65.8 Å². The smallest absolute Gasteiger partial charge is 0.230 e. The van der Waals surface area contributed by atoms with Crippen molar-refractivity contribution in [2.75, 3.05) is 36.5 Å². The average Bonchev–Trinajstić information content (AvgIpc) is 3.09. The number of hydrogen-bond acceptors (Lipinski definition) is 5. The van der Waals surface area contributed by atoms with Crippen molar-refractivity contribution in [1.82, 2.24) is 4.98 Å². The zero-order chi connectivity index (χ0) is 20.2. The van der Waals surface area contributed by atoms with Crippen LogP contribution >= 0.6 is 0 Å². The Hall–Kier alpha value is -3.19. The van der Waals surface area contributed by atoms with Gasteiger partial charge in [-0.1, -0.05) is 12.1 Å². The van der Waals surface area contributed by atoms with Crippen LogP contribution in [0.3, 0.4) is 0 Å². The largest absolute Gasteiger partial charge is 0.441 e. The van der Waals surface area contributed by atoms with E-state index >= 15 is 0 Å². The standard InChI is InChI=1S/C22H22FN3O3/c1-15-20(25-22(29-15)16-4-2-5-17(23)12-16)14-21(27)24-18-6-3-7-19(13-18)26-8-10-28-11-9-26/h2-7,12-13H,8-11,14H2,1H3,(H,24,27). The van der Waals surface area contributed by atoms with Gasteiger partial charge < -0.3 is 19.4 Å². The molecule has 1 aromatic heterocycles. The maximum Gasteiger partial charge on any atom is 0.230 e. The molecule has 1 N–H and O–H groups in total. The summed E-state index contributed by atoms with van der Waals surface area (Å²) in [6.45, 7) is 4.82. The van der Waals surface area contributed by atoms with Crippen LogP contribution in [0.1, 0.15) is 11.5 Å². The van der Waals surface area contributed by atoms with Gasteiger partial charge in [0.15, 0.2) is 0 Å². The van der Waals surface area contributed by atoms with Crippen LogP contribution in [0.2, 0.25) is 0 Å². The molecule has 1 saturated heterocycles. The second kappa shape index (κ2) is 8.45. The zero-order valence-corrected chi connectivity index (χ0v) is 16.2. The number of carbonyl (C=O) groups excluding carboxylic acids is 1. The summed E-state index contributed by atoms with van der Waals surface area (Å²) < 4.78 is 24.5. The van der Waals surface area contributed by atoms with E-state index in [-0.39, 0.29) is 18.1 Å². The number of oxazole rings is 1. The SMILES string of the molecule is Cc1oc(-c2cccc(F)c2)nc1CC(=O)Nc1cccc(N2CCOCC2)c1. The molecule has 1 aliphatic rings.